The van der Waals surface area contributed by atoms with Gasteiger partial charge in [-0.05, 0) is 44.5 Å². The normalized spacial score (nSPS) is 11.4. The third-order valence-corrected chi connectivity index (χ3v) is 4.11. The SMILES string of the molecule is Cc1ccc(C)c(C(=O)CCC(=O)NNC(=O)[C@@H](C)Oc2ccccc2F)c1. The van der Waals surface area contributed by atoms with Gasteiger partial charge in [0.2, 0.25) is 5.91 Å². The number of nitrogens with one attached hydrogen (secondary N) is 2. The summed E-state index contributed by atoms with van der Waals surface area (Å²) in [5, 5.41) is 0. The first-order chi connectivity index (χ1) is 13.3. The lowest BCUT2D eigenvalue weighted by Crippen LogP contribution is -2.47. The van der Waals surface area contributed by atoms with E-state index >= 15 is 0 Å². The van der Waals surface area contributed by atoms with Gasteiger partial charge in [-0.1, -0.05) is 29.8 Å². The van der Waals surface area contributed by atoms with Crippen molar-refractivity contribution in [1.82, 2.24) is 10.9 Å². The van der Waals surface area contributed by atoms with Gasteiger partial charge in [-0.25, -0.2) is 4.39 Å². The average molecular weight is 386 g/mol. The largest absolute Gasteiger partial charge is 0.478 e. The van der Waals surface area contributed by atoms with Gasteiger partial charge in [0.05, 0.1) is 0 Å². The molecule has 2 N–H and O–H groups in total. The predicted octanol–water partition coefficient (Wildman–Crippen LogP) is 3.02. The summed E-state index contributed by atoms with van der Waals surface area (Å²) in [6, 6.07) is 11.3. The van der Waals surface area contributed by atoms with E-state index in [4.69, 9.17) is 4.74 Å². The lowest BCUT2D eigenvalue weighted by molar-refractivity contribution is -0.132. The fraction of sp³-hybridized carbons (Fsp3) is 0.286. The Morgan fingerprint density at radius 2 is 1.75 bits per heavy atom. The molecule has 0 spiro atoms. The van der Waals surface area contributed by atoms with Crippen LogP contribution in [0.3, 0.4) is 0 Å². The second kappa shape index (κ2) is 9.64. The monoisotopic (exact) mass is 386 g/mol. The number of hydrogen-bond acceptors (Lipinski definition) is 4. The van der Waals surface area contributed by atoms with E-state index in [0.717, 1.165) is 11.1 Å². The molecule has 0 aliphatic rings. The second-order valence-corrected chi connectivity index (χ2v) is 6.47. The van der Waals surface area contributed by atoms with Gasteiger partial charge in [0.1, 0.15) is 0 Å². The molecule has 0 fully saturated rings. The topological polar surface area (TPSA) is 84.5 Å². The maximum absolute atomic E-state index is 13.5. The van der Waals surface area contributed by atoms with Crippen LogP contribution in [-0.4, -0.2) is 23.7 Å². The number of aryl methyl sites for hydroxylation is 2. The number of halogens is 1. The molecule has 0 saturated heterocycles. The third-order valence-electron chi connectivity index (χ3n) is 4.11. The molecule has 6 nitrogen and oxygen atoms in total. The maximum Gasteiger partial charge on any atom is 0.279 e. The van der Waals surface area contributed by atoms with Crippen molar-refractivity contribution in [3.05, 3.63) is 65.0 Å². The summed E-state index contributed by atoms with van der Waals surface area (Å²) < 4.78 is 18.8. The smallest absolute Gasteiger partial charge is 0.279 e. The van der Waals surface area contributed by atoms with Crippen molar-refractivity contribution in [1.29, 1.82) is 0 Å². The van der Waals surface area contributed by atoms with Crippen molar-refractivity contribution < 1.29 is 23.5 Å². The minimum Gasteiger partial charge on any atom is -0.478 e. The number of para-hydroxylation sites is 1. The van der Waals surface area contributed by atoms with Crippen molar-refractivity contribution in [3.63, 3.8) is 0 Å². The highest BCUT2D eigenvalue weighted by Crippen LogP contribution is 2.17. The van der Waals surface area contributed by atoms with Gasteiger partial charge in [-0.3, -0.25) is 25.2 Å². The zero-order valence-corrected chi connectivity index (χ0v) is 16.0. The van der Waals surface area contributed by atoms with Gasteiger partial charge in [-0.2, -0.15) is 0 Å². The van der Waals surface area contributed by atoms with E-state index in [1.165, 1.54) is 25.1 Å². The second-order valence-electron chi connectivity index (χ2n) is 6.47. The first kappa shape index (κ1) is 21.1. The Labute approximate surface area is 163 Å². The Hall–Kier alpha value is -3.22. The van der Waals surface area contributed by atoms with Crippen LogP contribution in [0.4, 0.5) is 4.39 Å². The summed E-state index contributed by atoms with van der Waals surface area (Å²) >= 11 is 0. The molecule has 0 heterocycles. The summed E-state index contributed by atoms with van der Waals surface area (Å²) in [4.78, 5) is 36.1. The molecule has 0 radical (unpaired) electrons. The molecule has 2 aromatic carbocycles. The van der Waals surface area contributed by atoms with Crippen molar-refractivity contribution in [2.45, 2.75) is 39.7 Å². The van der Waals surface area contributed by atoms with Crippen LogP contribution in [0.15, 0.2) is 42.5 Å². The van der Waals surface area contributed by atoms with Crippen molar-refractivity contribution in [3.8, 4) is 5.75 Å². The average Bonchev–Trinajstić information content (AvgIpc) is 2.67. The van der Waals surface area contributed by atoms with Crippen molar-refractivity contribution >= 4 is 17.6 Å². The maximum atomic E-state index is 13.5. The van der Waals surface area contributed by atoms with Crippen LogP contribution in [0, 0.1) is 19.7 Å². The molecule has 148 valence electrons. The number of carbonyl (C=O) groups excluding carboxylic acids is 3. The molecular formula is C21H23FN2O4. The Morgan fingerprint density at radius 3 is 2.46 bits per heavy atom. The number of hydrazine groups is 1. The first-order valence-electron chi connectivity index (χ1n) is 8.88. The predicted molar refractivity (Wildman–Crippen MR) is 102 cm³/mol. The van der Waals surface area contributed by atoms with E-state index in [-0.39, 0.29) is 24.4 Å². The molecule has 0 aliphatic carbocycles. The Balaban J connectivity index is 1.78. The van der Waals surface area contributed by atoms with Gasteiger partial charge in [-0.15, -0.1) is 0 Å². The zero-order valence-electron chi connectivity index (χ0n) is 16.0. The molecule has 0 aromatic heterocycles. The van der Waals surface area contributed by atoms with E-state index in [9.17, 15) is 18.8 Å². The summed E-state index contributed by atoms with van der Waals surface area (Å²) in [5.41, 5.74) is 6.85. The quantitative estimate of drug-likeness (QED) is 0.566. The number of benzene rings is 2. The highest BCUT2D eigenvalue weighted by Gasteiger charge is 2.17. The van der Waals surface area contributed by atoms with E-state index in [0.29, 0.717) is 5.56 Å². The number of ketones is 1. The lowest BCUT2D eigenvalue weighted by Gasteiger charge is -2.15. The standard InChI is InChI=1S/C21H23FN2O4/c1-13-8-9-14(2)16(12-13)18(25)10-11-20(26)23-24-21(27)15(3)28-19-7-5-4-6-17(19)22/h4-9,12,15H,10-11H2,1-3H3,(H,23,26)(H,24,27)/t15-/m1/s1. The number of ether oxygens (including phenoxy) is 1. The van der Waals surface area contributed by atoms with Crippen LogP contribution in [0.5, 0.6) is 5.75 Å². The summed E-state index contributed by atoms with van der Waals surface area (Å²) in [5.74, 6) is -1.94. The third kappa shape index (κ3) is 5.90. The van der Waals surface area contributed by atoms with Crippen LogP contribution >= 0.6 is 0 Å². The van der Waals surface area contributed by atoms with E-state index in [2.05, 4.69) is 10.9 Å². The Kier molecular flexibility index (Phi) is 7.26. The minimum atomic E-state index is -1.02. The highest BCUT2D eigenvalue weighted by molar-refractivity contribution is 5.99. The van der Waals surface area contributed by atoms with Crippen LogP contribution in [0.1, 0.15) is 41.3 Å². The molecule has 2 aromatic rings. The molecular weight excluding hydrogens is 363 g/mol. The number of carbonyl (C=O) groups is 3. The van der Waals surface area contributed by atoms with Crippen LogP contribution < -0.4 is 15.6 Å². The summed E-state index contributed by atoms with van der Waals surface area (Å²) in [6.45, 7) is 5.16. The summed E-state index contributed by atoms with van der Waals surface area (Å²) in [6.07, 6.45) is -1.07. The summed E-state index contributed by atoms with van der Waals surface area (Å²) in [7, 11) is 0. The fourth-order valence-corrected chi connectivity index (χ4v) is 2.48. The minimum absolute atomic E-state index is 0.0211. The van der Waals surface area contributed by atoms with Gasteiger partial charge in [0.15, 0.2) is 23.5 Å². The molecule has 2 amide bonds. The number of rotatable bonds is 7. The molecule has 0 saturated carbocycles. The Morgan fingerprint density at radius 1 is 1.04 bits per heavy atom. The van der Waals surface area contributed by atoms with Crippen LogP contribution in [0.2, 0.25) is 0 Å². The van der Waals surface area contributed by atoms with Crippen molar-refractivity contribution in [2.24, 2.45) is 0 Å². The highest BCUT2D eigenvalue weighted by atomic mass is 19.1. The van der Waals surface area contributed by atoms with Gasteiger partial charge < -0.3 is 4.74 Å². The number of Topliss-reactive ketones (excluding diaryl/α,β-unsaturated/α-hetero) is 1. The molecule has 28 heavy (non-hydrogen) atoms. The molecule has 2 rings (SSSR count). The van der Waals surface area contributed by atoms with E-state index in [1.807, 2.05) is 26.0 Å². The van der Waals surface area contributed by atoms with Crippen LogP contribution in [0.25, 0.3) is 0 Å². The molecule has 0 aliphatic heterocycles. The fourth-order valence-electron chi connectivity index (χ4n) is 2.48. The molecule has 0 unspecified atom stereocenters. The van der Waals surface area contributed by atoms with Gasteiger partial charge >= 0.3 is 0 Å². The molecule has 7 heteroatoms. The van der Waals surface area contributed by atoms with E-state index in [1.54, 1.807) is 12.1 Å². The van der Waals surface area contributed by atoms with Crippen LogP contribution in [-0.2, 0) is 9.59 Å². The van der Waals surface area contributed by atoms with Gasteiger partial charge in [0.25, 0.3) is 5.91 Å². The van der Waals surface area contributed by atoms with E-state index < -0.39 is 23.7 Å². The molecule has 0 bridgehead atoms. The lowest BCUT2D eigenvalue weighted by atomic mass is 9.99. The number of hydrogen-bond donors (Lipinski definition) is 2. The first-order valence-corrected chi connectivity index (χ1v) is 8.88. The van der Waals surface area contributed by atoms with Gasteiger partial charge in [0, 0.05) is 18.4 Å². The van der Waals surface area contributed by atoms with Crippen molar-refractivity contribution in [2.75, 3.05) is 0 Å². The molecule has 1 atom stereocenters. The number of amides is 2. The zero-order chi connectivity index (χ0) is 20.7. The Bertz CT molecular complexity index is 882.